The topological polar surface area (TPSA) is 90.1 Å². The Hall–Kier alpha value is -2.44. The molecular weight excluding hydrogens is 224 g/mol. The zero-order valence-corrected chi connectivity index (χ0v) is 9.28. The van der Waals surface area contributed by atoms with Crippen molar-refractivity contribution in [3.63, 3.8) is 0 Å². The number of methoxy groups -OCH3 is 1. The fourth-order valence-electron chi connectivity index (χ4n) is 1.41. The minimum Gasteiger partial charge on any atom is -0.496 e. The molecule has 0 atom stereocenters. The van der Waals surface area contributed by atoms with Crippen LogP contribution in [0.3, 0.4) is 0 Å². The van der Waals surface area contributed by atoms with Gasteiger partial charge < -0.3 is 9.84 Å². The fraction of sp³-hybridized carbons (Fsp3) is 0.200. The van der Waals surface area contributed by atoms with E-state index in [1.54, 1.807) is 19.2 Å². The number of rotatable bonds is 3. The maximum atomic E-state index is 11.0. The van der Waals surface area contributed by atoms with Crippen molar-refractivity contribution >= 4 is 5.97 Å². The lowest BCUT2D eigenvalue weighted by atomic mass is 10.1. The van der Waals surface area contributed by atoms with Crippen LogP contribution in [0.4, 0.5) is 0 Å². The van der Waals surface area contributed by atoms with Gasteiger partial charge in [0.25, 0.3) is 0 Å². The summed E-state index contributed by atoms with van der Waals surface area (Å²) in [5, 5.41) is 20.5. The molecular formula is C10H10N4O3. The molecule has 0 aliphatic heterocycles. The molecule has 7 heteroatoms. The van der Waals surface area contributed by atoms with Crippen molar-refractivity contribution in [1.29, 1.82) is 0 Å². The third-order valence-electron chi connectivity index (χ3n) is 2.20. The summed E-state index contributed by atoms with van der Waals surface area (Å²) in [5.74, 6) is -0.393. The van der Waals surface area contributed by atoms with Crippen LogP contribution in [0.2, 0.25) is 0 Å². The van der Waals surface area contributed by atoms with Crippen molar-refractivity contribution in [1.82, 2.24) is 20.2 Å². The van der Waals surface area contributed by atoms with Crippen molar-refractivity contribution in [3.8, 4) is 17.1 Å². The largest absolute Gasteiger partial charge is 0.496 e. The zero-order chi connectivity index (χ0) is 12.4. The molecule has 1 aromatic carbocycles. The molecule has 0 bridgehead atoms. The smallest absolute Gasteiger partial charge is 0.339 e. The number of carboxylic acids is 1. The van der Waals surface area contributed by atoms with E-state index in [0.29, 0.717) is 17.1 Å². The van der Waals surface area contributed by atoms with Crippen LogP contribution >= 0.6 is 0 Å². The van der Waals surface area contributed by atoms with Gasteiger partial charge in [0.2, 0.25) is 5.82 Å². The van der Waals surface area contributed by atoms with Crippen LogP contribution in [-0.4, -0.2) is 38.4 Å². The number of hydrogen-bond acceptors (Lipinski definition) is 5. The van der Waals surface area contributed by atoms with E-state index in [1.807, 2.05) is 0 Å². The second-order valence-electron chi connectivity index (χ2n) is 3.32. The van der Waals surface area contributed by atoms with Crippen molar-refractivity contribution < 1.29 is 14.6 Å². The van der Waals surface area contributed by atoms with Gasteiger partial charge in [0, 0.05) is 5.56 Å². The highest BCUT2D eigenvalue weighted by Gasteiger charge is 2.14. The van der Waals surface area contributed by atoms with Crippen molar-refractivity contribution in [2.75, 3.05) is 7.11 Å². The first-order valence-corrected chi connectivity index (χ1v) is 4.77. The minimum atomic E-state index is -1.06. The van der Waals surface area contributed by atoms with Gasteiger partial charge in [0.1, 0.15) is 11.3 Å². The van der Waals surface area contributed by atoms with Gasteiger partial charge in [-0.25, -0.2) is 4.79 Å². The molecule has 0 amide bonds. The molecule has 0 unspecified atom stereocenters. The van der Waals surface area contributed by atoms with Crippen molar-refractivity contribution in [3.05, 3.63) is 23.8 Å². The van der Waals surface area contributed by atoms with E-state index in [0.717, 1.165) is 0 Å². The van der Waals surface area contributed by atoms with E-state index >= 15 is 0 Å². The molecule has 0 radical (unpaired) electrons. The molecule has 88 valence electrons. The first kappa shape index (κ1) is 11.1. The lowest BCUT2D eigenvalue weighted by Gasteiger charge is -2.05. The van der Waals surface area contributed by atoms with Crippen LogP contribution in [0.1, 0.15) is 10.4 Å². The fourth-order valence-corrected chi connectivity index (χ4v) is 1.41. The molecule has 0 saturated carbocycles. The molecule has 2 aromatic rings. The molecule has 0 spiro atoms. The highest BCUT2D eigenvalue weighted by Crippen LogP contribution is 2.24. The lowest BCUT2D eigenvalue weighted by Crippen LogP contribution is -2.01. The number of aromatic carboxylic acids is 1. The molecule has 1 aromatic heterocycles. The normalized spacial score (nSPS) is 10.2. The third-order valence-corrected chi connectivity index (χ3v) is 2.20. The Morgan fingerprint density at radius 1 is 1.47 bits per heavy atom. The summed E-state index contributed by atoms with van der Waals surface area (Å²) in [6, 6.07) is 4.70. The number of hydrogen-bond donors (Lipinski definition) is 1. The summed E-state index contributed by atoms with van der Waals surface area (Å²) in [7, 11) is 3.06. The average Bonchev–Trinajstić information content (AvgIpc) is 2.75. The van der Waals surface area contributed by atoms with Gasteiger partial charge in [-0.05, 0) is 23.4 Å². The van der Waals surface area contributed by atoms with E-state index in [9.17, 15) is 4.79 Å². The number of carboxylic acid groups (broad SMARTS) is 1. The number of benzene rings is 1. The number of tetrazole rings is 1. The Bertz CT molecular complexity index is 564. The molecule has 0 aliphatic carbocycles. The minimum absolute atomic E-state index is 0.0671. The number of carbonyl (C=O) groups is 1. The van der Waals surface area contributed by atoms with Gasteiger partial charge in [0.05, 0.1) is 14.2 Å². The average molecular weight is 234 g/mol. The Balaban J connectivity index is 2.50. The van der Waals surface area contributed by atoms with Gasteiger partial charge in [-0.3, -0.25) is 0 Å². The zero-order valence-electron chi connectivity index (χ0n) is 9.28. The maximum absolute atomic E-state index is 11.0. The molecule has 0 aliphatic rings. The quantitative estimate of drug-likeness (QED) is 0.835. The second-order valence-corrected chi connectivity index (χ2v) is 3.32. The third kappa shape index (κ3) is 2.07. The first-order chi connectivity index (χ1) is 8.11. The number of aromatic nitrogens is 4. The lowest BCUT2D eigenvalue weighted by molar-refractivity contribution is 0.0693. The Labute approximate surface area is 96.6 Å². The van der Waals surface area contributed by atoms with Gasteiger partial charge in [-0.2, -0.15) is 4.80 Å². The van der Waals surface area contributed by atoms with E-state index in [2.05, 4.69) is 15.4 Å². The van der Waals surface area contributed by atoms with E-state index in [4.69, 9.17) is 9.84 Å². The van der Waals surface area contributed by atoms with Crippen LogP contribution in [0, 0.1) is 0 Å². The Morgan fingerprint density at radius 3 is 2.76 bits per heavy atom. The van der Waals surface area contributed by atoms with Crippen LogP contribution in [0.25, 0.3) is 11.4 Å². The summed E-state index contributed by atoms with van der Waals surface area (Å²) in [4.78, 5) is 12.3. The molecule has 17 heavy (non-hydrogen) atoms. The van der Waals surface area contributed by atoms with Crippen molar-refractivity contribution in [2.45, 2.75) is 0 Å². The van der Waals surface area contributed by atoms with Crippen LogP contribution in [0.5, 0.6) is 5.75 Å². The van der Waals surface area contributed by atoms with Crippen LogP contribution < -0.4 is 4.74 Å². The second kappa shape index (κ2) is 4.20. The number of aryl methyl sites for hydroxylation is 1. The summed E-state index contributed by atoms with van der Waals surface area (Å²) in [6.07, 6.45) is 0. The highest BCUT2D eigenvalue weighted by molar-refractivity contribution is 5.92. The standard InChI is InChI=1S/C10H10N4O3/c1-14-12-9(11-13-14)6-3-4-8(17-2)7(5-6)10(15)16/h3-5H,1-2H3,(H,15,16). The van der Waals surface area contributed by atoms with Crippen LogP contribution in [0.15, 0.2) is 18.2 Å². The Morgan fingerprint density at radius 2 is 2.24 bits per heavy atom. The monoisotopic (exact) mass is 234 g/mol. The molecule has 1 N–H and O–H groups in total. The molecule has 0 saturated heterocycles. The van der Waals surface area contributed by atoms with Gasteiger partial charge >= 0.3 is 5.97 Å². The molecule has 0 fully saturated rings. The van der Waals surface area contributed by atoms with Crippen molar-refractivity contribution in [2.24, 2.45) is 7.05 Å². The predicted octanol–water partition coefficient (Wildman–Crippen LogP) is 0.584. The predicted molar refractivity (Wildman–Crippen MR) is 57.7 cm³/mol. The van der Waals surface area contributed by atoms with Gasteiger partial charge in [-0.15, -0.1) is 10.2 Å². The van der Waals surface area contributed by atoms with Crippen LogP contribution in [-0.2, 0) is 7.05 Å². The highest BCUT2D eigenvalue weighted by atomic mass is 16.5. The van der Waals surface area contributed by atoms with E-state index in [1.165, 1.54) is 18.0 Å². The number of ether oxygens (including phenoxy) is 1. The number of nitrogens with zero attached hydrogens (tertiary/aromatic N) is 4. The molecule has 1 heterocycles. The van der Waals surface area contributed by atoms with Gasteiger partial charge in [0.15, 0.2) is 0 Å². The summed E-state index contributed by atoms with van der Waals surface area (Å²) in [5.41, 5.74) is 0.647. The molecule has 7 nitrogen and oxygen atoms in total. The summed E-state index contributed by atoms with van der Waals surface area (Å²) in [6.45, 7) is 0. The summed E-state index contributed by atoms with van der Waals surface area (Å²) < 4.78 is 4.96. The first-order valence-electron chi connectivity index (χ1n) is 4.77. The molecule has 2 rings (SSSR count). The SMILES string of the molecule is COc1ccc(-c2nnn(C)n2)cc1C(=O)O. The Kier molecular flexibility index (Phi) is 2.73. The summed E-state index contributed by atoms with van der Waals surface area (Å²) >= 11 is 0. The van der Waals surface area contributed by atoms with E-state index in [-0.39, 0.29) is 5.56 Å². The van der Waals surface area contributed by atoms with E-state index < -0.39 is 5.97 Å². The maximum Gasteiger partial charge on any atom is 0.339 e. The van der Waals surface area contributed by atoms with Gasteiger partial charge in [-0.1, -0.05) is 0 Å².